The van der Waals surface area contributed by atoms with Crippen LogP contribution < -0.4 is 15.8 Å². The van der Waals surface area contributed by atoms with Crippen molar-refractivity contribution in [3.05, 3.63) is 77.1 Å². The number of halogens is 2. The van der Waals surface area contributed by atoms with Crippen molar-refractivity contribution in [3.63, 3.8) is 0 Å². The van der Waals surface area contributed by atoms with Gasteiger partial charge in [0.1, 0.15) is 24.0 Å². The second-order valence-corrected chi connectivity index (χ2v) is 8.72. The highest BCUT2D eigenvalue weighted by molar-refractivity contribution is 6.32. The molecule has 0 saturated heterocycles. The van der Waals surface area contributed by atoms with E-state index >= 15 is 0 Å². The van der Waals surface area contributed by atoms with Gasteiger partial charge in [-0.25, -0.2) is 14.4 Å². The molecule has 3 aromatic carbocycles. The first-order valence-electron chi connectivity index (χ1n) is 11.0. The van der Waals surface area contributed by atoms with Gasteiger partial charge in [0, 0.05) is 23.2 Å². The summed E-state index contributed by atoms with van der Waals surface area (Å²) in [5, 5.41) is 4.62. The number of benzene rings is 3. The molecule has 176 valence electrons. The summed E-state index contributed by atoms with van der Waals surface area (Å²) < 4.78 is 19.1. The number of fused-ring (bicyclic) bond motifs is 1. The molecule has 0 aliphatic heterocycles. The number of hydrogen-bond acceptors (Lipinski definition) is 6. The van der Waals surface area contributed by atoms with E-state index in [1.165, 1.54) is 12.1 Å². The summed E-state index contributed by atoms with van der Waals surface area (Å²) in [5.41, 5.74) is 9.46. The third-order valence-electron chi connectivity index (χ3n) is 5.31. The molecule has 0 atom stereocenters. The normalized spacial score (nSPS) is 11.2. The first kappa shape index (κ1) is 23.7. The summed E-state index contributed by atoms with van der Waals surface area (Å²) in [7, 11) is 4.12. The van der Waals surface area contributed by atoms with Crippen molar-refractivity contribution in [3.8, 4) is 17.1 Å². The predicted octanol–water partition coefficient (Wildman–Crippen LogP) is 5.61. The van der Waals surface area contributed by atoms with Gasteiger partial charge in [0.2, 0.25) is 0 Å². The van der Waals surface area contributed by atoms with E-state index in [4.69, 9.17) is 22.1 Å². The minimum atomic E-state index is -0.305. The quantitative estimate of drug-likeness (QED) is 0.304. The van der Waals surface area contributed by atoms with Crippen molar-refractivity contribution < 1.29 is 9.13 Å². The molecular weight excluding hydrogens is 453 g/mol. The molecule has 0 spiro atoms. The highest BCUT2D eigenvalue weighted by Gasteiger charge is 2.11. The van der Waals surface area contributed by atoms with Crippen molar-refractivity contribution >= 4 is 34.0 Å². The van der Waals surface area contributed by atoms with Crippen LogP contribution in [0.5, 0.6) is 5.75 Å². The Labute approximate surface area is 203 Å². The Hall–Kier alpha value is -3.42. The molecule has 0 unspecified atom stereocenters. The van der Waals surface area contributed by atoms with Gasteiger partial charge in [-0.05, 0) is 81.2 Å². The molecule has 1 heterocycles. The van der Waals surface area contributed by atoms with Gasteiger partial charge in [-0.3, -0.25) is 0 Å². The largest absolute Gasteiger partial charge is 0.487 e. The van der Waals surface area contributed by atoms with Gasteiger partial charge in [0.15, 0.2) is 5.82 Å². The molecular formula is C26H27ClFN5O. The molecule has 34 heavy (non-hydrogen) atoms. The fourth-order valence-corrected chi connectivity index (χ4v) is 3.80. The molecule has 0 saturated carbocycles. The second kappa shape index (κ2) is 10.7. The van der Waals surface area contributed by atoms with E-state index in [1.807, 2.05) is 24.3 Å². The minimum Gasteiger partial charge on any atom is -0.487 e. The summed E-state index contributed by atoms with van der Waals surface area (Å²) >= 11 is 6.44. The molecule has 4 aromatic rings. The predicted molar refractivity (Wildman–Crippen MR) is 137 cm³/mol. The molecule has 0 radical (unpaired) electrons. The number of nitrogens with one attached hydrogen (secondary N) is 1. The van der Waals surface area contributed by atoms with Crippen LogP contribution >= 0.6 is 11.6 Å². The topological polar surface area (TPSA) is 76.3 Å². The standard InChI is InChI=1S/C26H27ClFN5O/c1-33(2)12-4-11-30-20-8-9-23-21(15-20)25(29)32-26(31-23)18-7-10-24(22(27)14-18)34-16-17-5-3-6-19(28)13-17/h3,5-10,13-15,30H,4,11-12,16H2,1-2H3,(H2,29,31,32). The first-order valence-corrected chi connectivity index (χ1v) is 11.4. The fourth-order valence-electron chi connectivity index (χ4n) is 3.56. The van der Waals surface area contributed by atoms with Crippen LogP contribution in [0.25, 0.3) is 22.3 Å². The lowest BCUT2D eigenvalue weighted by atomic mass is 10.1. The van der Waals surface area contributed by atoms with E-state index in [0.29, 0.717) is 22.4 Å². The smallest absolute Gasteiger partial charge is 0.162 e. The molecule has 0 aliphatic rings. The summed E-state index contributed by atoms with van der Waals surface area (Å²) in [4.78, 5) is 11.3. The monoisotopic (exact) mass is 479 g/mol. The number of aromatic nitrogens is 2. The molecule has 6 nitrogen and oxygen atoms in total. The van der Waals surface area contributed by atoms with E-state index < -0.39 is 0 Å². The maximum absolute atomic E-state index is 13.4. The van der Waals surface area contributed by atoms with E-state index in [9.17, 15) is 4.39 Å². The summed E-state index contributed by atoms with van der Waals surface area (Å²) in [6.07, 6.45) is 1.04. The molecule has 1 aromatic heterocycles. The van der Waals surface area contributed by atoms with E-state index in [0.717, 1.165) is 47.2 Å². The number of anilines is 2. The average Bonchev–Trinajstić information content (AvgIpc) is 2.81. The van der Waals surface area contributed by atoms with E-state index in [2.05, 4.69) is 34.3 Å². The molecule has 0 amide bonds. The number of hydrogen-bond donors (Lipinski definition) is 2. The summed E-state index contributed by atoms with van der Waals surface area (Å²) in [5.74, 6) is 1.07. The lowest BCUT2D eigenvalue weighted by Crippen LogP contribution is -2.16. The number of ether oxygens (including phenoxy) is 1. The van der Waals surface area contributed by atoms with Crippen molar-refractivity contribution in [2.75, 3.05) is 38.2 Å². The number of nitrogens with two attached hydrogens (primary N) is 1. The lowest BCUT2D eigenvalue weighted by molar-refractivity contribution is 0.306. The van der Waals surface area contributed by atoms with E-state index in [1.54, 1.807) is 24.3 Å². The summed E-state index contributed by atoms with van der Waals surface area (Å²) in [6, 6.07) is 17.5. The highest BCUT2D eigenvalue weighted by atomic mass is 35.5. The lowest BCUT2D eigenvalue weighted by Gasteiger charge is -2.12. The van der Waals surface area contributed by atoms with Gasteiger partial charge < -0.3 is 20.7 Å². The molecule has 8 heteroatoms. The molecule has 0 bridgehead atoms. The number of nitrogen functional groups attached to an aromatic ring is 1. The van der Waals surface area contributed by atoms with Gasteiger partial charge in [0.25, 0.3) is 0 Å². The van der Waals surface area contributed by atoms with Crippen LogP contribution in [0.1, 0.15) is 12.0 Å². The molecule has 0 aliphatic carbocycles. The zero-order chi connectivity index (χ0) is 24.1. The first-order chi connectivity index (χ1) is 16.4. The third-order valence-corrected chi connectivity index (χ3v) is 5.61. The van der Waals surface area contributed by atoms with E-state index in [-0.39, 0.29) is 12.4 Å². The Morgan fingerprint density at radius 3 is 2.68 bits per heavy atom. The van der Waals surface area contributed by atoms with Crippen LogP contribution in [0, 0.1) is 5.82 Å². The number of rotatable bonds is 9. The van der Waals surface area contributed by atoms with Crippen LogP contribution in [0.3, 0.4) is 0 Å². The Kier molecular flexibility index (Phi) is 7.45. The van der Waals surface area contributed by atoms with Crippen LogP contribution in [-0.2, 0) is 6.61 Å². The molecule has 4 rings (SSSR count). The van der Waals surface area contributed by atoms with Crippen molar-refractivity contribution in [2.45, 2.75) is 13.0 Å². The zero-order valence-electron chi connectivity index (χ0n) is 19.2. The Morgan fingerprint density at radius 1 is 1.06 bits per heavy atom. The van der Waals surface area contributed by atoms with Gasteiger partial charge in [-0.15, -0.1) is 0 Å². The Morgan fingerprint density at radius 2 is 1.91 bits per heavy atom. The number of nitrogens with zero attached hydrogens (tertiary/aromatic N) is 3. The third kappa shape index (κ3) is 5.92. The average molecular weight is 480 g/mol. The van der Waals surface area contributed by atoms with Crippen LogP contribution in [0.2, 0.25) is 5.02 Å². The van der Waals surface area contributed by atoms with Gasteiger partial charge in [-0.2, -0.15) is 0 Å². The SMILES string of the molecule is CN(C)CCCNc1ccc2nc(-c3ccc(OCc4cccc(F)c4)c(Cl)c3)nc(N)c2c1. The molecule has 3 N–H and O–H groups in total. The molecule has 0 fully saturated rings. The van der Waals surface area contributed by atoms with Crippen LogP contribution in [0.15, 0.2) is 60.7 Å². The van der Waals surface area contributed by atoms with Crippen molar-refractivity contribution in [1.29, 1.82) is 0 Å². The Balaban J connectivity index is 1.49. The van der Waals surface area contributed by atoms with Gasteiger partial charge in [-0.1, -0.05) is 23.7 Å². The fraction of sp³-hybridized carbons (Fsp3) is 0.231. The van der Waals surface area contributed by atoms with Gasteiger partial charge >= 0.3 is 0 Å². The Bertz CT molecular complexity index is 1300. The maximum atomic E-state index is 13.4. The highest BCUT2D eigenvalue weighted by Crippen LogP contribution is 2.31. The van der Waals surface area contributed by atoms with Crippen molar-refractivity contribution in [1.82, 2.24) is 14.9 Å². The summed E-state index contributed by atoms with van der Waals surface area (Å²) in [6.45, 7) is 2.10. The second-order valence-electron chi connectivity index (χ2n) is 8.31. The van der Waals surface area contributed by atoms with Gasteiger partial charge in [0.05, 0.1) is 10.5 Å². The van der Waals surface area contributed by atoms with Crippen molar-refractivity contribution in [2.24, 2.45) is 0 Å². The minimum absolute atomic E-state index is 0.210. The van der Waals surface area contributed by atoms with Crippen LogP contribution in [0.4, 0.5) is 15.9 Å². The zero-order valence-corrected chi connectivity index (χ0v) is 19.9. The van der Waals surface area contributed by atoms with Crippen LogP contribution in [-0.4, -0.2) is 42.1 Å². The maximum Gasteiger partial charge on any atom is 0.162 e.